The Morgan fingerprint density at radius 1 is 1.03 bits per heavy atom. The average molecular weight is 534 g/mol. The summed E-state index contributed by atoms with van der Waals surface area (Å²) in [6, 6.07) is 12.3. The zero-order chi connectivity index (χ0) is 28.9. The summed E-state index contributed by atoms with van der Waals surface area (Å²) in [4.78, 5) is 39.2. The summed E-state index contributed by atoms with van der Waals surface area (Å²) < 4.78 is 1.74. The summed E-state index contributed by atoms with van der Waals surface area (Å²) in [6.45, 7) is 14.1. The molecule has 1 aromatic heterocycles. The lowest BCUT2D eigenvalue weighted by atomic mass is 9.92. The quantitative estimate of drug-likeness (QED) is 0.187. The molecule has 9 nitrogen and oxygen atoms in total. The Morgan fingerprint density at radius 3 is 2.36 bits per heavy atom. The number of hydrogen-bond donors (Lipinski definition) is 1. The van der Waals surface area contributed by atoms with Crippen LogP contribution in [-0.2, 0) is 10.2 Å². The topological polar surface area (TPSA) is 110 Å². The Balaban J connectivity index is 1.91. The van der Waals surface area contributed by atoms with E-state index in [-0.39, 0.29) is 29.1 Å². The van der Waals surface area contributed by atoms with Gasteiger partial charge in [-0.05, 0) is 44.9 Å². The van der Waals surface area contributed by atoms with Crippen molar-refractivity contribution in [2.75, 3.05) is 18.4 Å². The molecule has 0 saturated carbocycles. The highest BCUT2D eigenvalue weighted by Gasteiger charge is 2.25. The van der Waals surface area contributed by atoms with E-state index in [0.29, 0.717) is 17.9 Å². The minimum absolute atomic E-state index is 0.120. The number of carbonyl (C=O) groups excluding carboxylic acids is 2. The van der Waals surface area contributed by atoms with E-state index in [0.717, 1.165) is 41.8 Å². The van der Waals surface area contributed by atoms with Gasteiger partial charge in [0.15, 0.2) is 0 Å². The first-order valence-electron chi connectivity index (χ1n) is 13.3. The van der Waals surface area contributed by atoms with Crippen LogP contribution in [0, 0.1) is 30.9 Å². The van der Waals surface area contributed by atoms with Crippen LogP contribution >= 0.6 is 0 Å². The number of aryl methyl sites for hydroxylation is 3. The number of carbonyl (C=O) groups is 2. The number of rotatable bonds is 10. The first-order chi connectivity index (χ1) is 18.3. The molecule has 3 rings (SSSR count). The van der Waals surface area contributed by atoms with Gasteiger partial charge in [-0.3, -0.25) is 19.7 Å². The van der Waals surface area contributed by atoms with Gasteiger partial charge in [0.25, 0.3) is 11.6 Å². The molecular weight excluding hydrogens is 494 g/mol. The number of benzene rings is 2. The molecule has 2 amide bonds. The van der Waals surface area contributed by atoms with Crippen LogP contribution in [0.25, 0.3) is 5.69 Å². The van der Waals surface area contributed by atoms with Crippen molar-refractivity contribution in [2.45, 2.75) is 73.1 Å². The van der Waals surface area contributed by atoms with Crippen LogP contribution in [0.2, 0.25) is 0 Å². The lowest BCUT2D eigenvalue weighted by Gasteiger charge is -2.22. The van der Waals surface area contributed by atoms with E-state index in [2.05, 4.69) is 39.1 Å². The maximum Gasteiger partial charge on any atom is 0.273 e. The number of unbranched alkanes of at least 4 members (excludes halogenated alkanes) is 2. The predicted molar refractivity (Wildman–Crippen MR) is 154 cm³/mol. The van der Waals surface area contributed by atoms with Crippen LogP contribution in [0.1, 0.15) is 79.7 Å². The average Bonchev–Trinajstić information content (AvgIpc) is 3.27. The van der Waals surface area contributed by atoms with E-state index in [9.17, 15) is 19.7 Å². The Hall–Kier alpha value is -4.01. The summed E-state index contributed by atoms with van der Waals surface area (Å²) in [7, 11) is 0. The van der Waals surface area contributed by atoms with Gasteiger partial charge in [0, 0.05) is 35.2 Å². The molecule has 9 heteroatoms. The third kappa shape index (κ3) is 7.31. The Kier molecular flexibility index (Phi) is 9.27. The molecule has 3 aromatic rings. The zero-order valence-corrected chi connectivity index (χ0v) is 24.0. The van der Waals surface area contributed by atoms with Gasteiger partial charge in [-0.25, -0.2) is 4.68 Å². The van der Waals surface area contributed by atoms with Crippen molar-refractivity contribution in [1.82, 2.24) is 14.7 Å². The van der Waals surface area contributed by atoms with E-state index >= 15 is 0 Å². The van der Waals surface area contributed by atoms with Crippen LogP contribution in [-0.4, -0.2) is 44.5 Å². The second-order valence-electron chi connectivity index (χ2n) is 11.1. The molecule has 39 heavy (non-hydrogen) atoms. The number of amides is 2. The van der Waals surface area contributed by atoms with Crippen LogP contribution in [0.4, 0.5) is 11.5 Å². The van der Waals surface area contributed by atoms with E-state index in [1.54, 1.807) is 23.7 Å². The van der Waals surface area contributed by atoms with E-state index in [1.807, 2.05) is 32.0 Å². The fraction of sp³-hybridized carbons (Fsp3) is 0.433. The number of aromatic nitrogens is 2. The second-order valence-corrected chi connectivity index (χ2v) is 11.1. The van der Waals surface area contributed by atoms with Crippen molar-refractivity contribution >= 4 is 23.3 Å². The Labute approximate surface area is 230 Å². The van der Waals surface area contributed by atoms with Gasteiger partial charge < -0.3 is 10.2 Å². The number of anilines is 1. The predicted octanol–water partition coefficient (Wildman–Crippen LogP) is 6.27. The van der Waals surface area contributed by atoms with Gasteiger partial charge in [0.2, 0.25) is 5.91 Å². The molecule has 1 heterocycles. The van der Waals surface area contributed by atoms with Crippen molar-refractivity contribution in [3.63, 3.8) is 0 Å². The van der Waals surface area contributed by atoms with E-state index < -0.39 is 10.8 Å². The maximum atomic E-state index is 13.4. The van der Waals surface area contributed by atoms with Crippen LogP contribution in [0.15, 0.2) is 42.5 Å². The van der Waals surface area contributed by atoms with Crippen molar-refractivity contribution in [2.24, 2.45) is 0 Å². The monoisotopic (exact) mass is 533 g/mol. The molecule has 0 saturated heterocycles. The van der Waals surface area contributed by atoms with Gasteiger partial charge >= 0.3 is 0 Å². The van der Waals surface area contributed by atoms with Gasteiger partial charge in [0.05, 0.1) is 16.3 Å². The number of nitro groups is 1. The summed E-state index contributed by atoms with van der Waals surface area (Å²) in [6.07, 6.45) is 2.57. The number of nitro benzene ring substituents is 1. The number of hydrogen-bond acceptors (Lipinski definition) is 5. The zero-order valence-electron chi connectivity index (χ0n) is 24.0. The standard InChI is InChI=1S/C30H39N5O4/c1-8-9-10-15-33(29(37)23-13-12-21(3)25(17-23)35(38)39)19-28(36)31-27-18-26(30(5,6)7)32-34(27)24-14-11-20(2)16-22(24)4/h11-14,16-18H,8-10,15,19H2,1-7H3,(H,31,36). The molecule has 0 fully saturated rings. The molecule has 0 radical (unpaired) electrons. The minimum Gasteiger partial charge on any atom is -0.329 e. The summed E-state index contributed by atoms with van der Waals surface area (Å²) in [5, 5.41) is 19.2. The minimum atomic E-state index is -0.499. The third-order valence-electron chi connectivity index (χ3n) is 6.63. The SMILES string of the molecule is CCCCCN(CC(=O)Nc1cc(C(C)(C)C)nn1-c1ccc(C)cc1C)C(=O)c1ccc(C)c([N+](=O)[O-])c1. The van der Waals surface area contributed by atoms with Crippen molar-refractivity contribution in [3.8, 4) is 5.69 Å². The first-order valence-corrected chi connectivity index (χ1v) is 13.3. The summed E-state index contributed by atoms with van der Waals surface area (Å²) in [5.74, 6) is -0.265. The van der Waals surface area contributed by atoms with Crippen LogP contribution in [0.3, 0.4) is 0 Å². The number of nitrogens with zero attached hydrogens (tertiary/aromatic N) is 4. The maximum absolute atomic E-state index is 13.4. The molecule has 1 N–H and O–H groups in total. The van der Waals surface area contributed by atoms with E-state index in [1.165, 1.54) is 11.0 Å². The highest BCUT2D eigenvalue weighted by molar-refractivity contribution is 5.99. The lowest BCUT2D eigenvalue weighted by Crippen LogP contribution is -2.39. The Bertz CT molecular complexity index is 1370. The van der Waals surface area contributed by atoms with Gasteiger partial charge in [-0.15, -0.1) is 0 Å². The molecule has 0 unspecified atom stereocenters. The summed E-state index contributed by atoms with van der Waals surface area (Å²) in [5.41, 5.74) is 4.12. The fourth-order valence-corrected chi connectivity index (χ4v) is 4.35. The molecular formula is C30H39N5O4. The van der Waals surface area contributed by atoms with Gasteiger partial charge in [0.1, 0.15) is 12.4 Å². The van der Waals surface area contributed by atoms with Crippen LogP contribution in [0.5, 0.6) is 0 Å². The molecule has 0 aliphatic carbocycles. The van der Waals surface area contributed by atoms with Gasteiger partial charge in [-0.1, -0.05) is 64.3 Å². The van der Waals surface area contributed by atoms with Crippen LogP contribution < -0.4 is 5.32 Å². The normalized spacial score (nSPS) is 11.4. The van der Waals surface area contributed by atoms with Crippen molar-refractivity contribution in [3.05, 3.63) is 80.5 Å². The highest BCUT2D eigenvalue weighted by Crippen LogP contribution is 2.28. The third-order valence-corrected chi connectivity index (χ3v) is 6.63. The largest absolute Gasteiger partial charge is 0.329 e. The fourth-order valence-electron chi connectivity index (χ4n) is 4.35. The summed E-state index contributed by atoms with van der Waals surface area (Å²) >= 11 is 0. The molecule has 208 valence electrons. The van der Waals surface area contributed by atoms with Gasteiger partial charge in [-0.2, -0.15) is 5.10 Å². The highest BCUT2D eigenvalue weighted by atomic mass is 16.6. The van der Waals surface area contributed by atoms with Crippen molar-refractivity contribution < 1.29 is 14.5 Å². The molecule has 2 aromatic carbocycles. The molecule has 0 aliphatic heterocycles. The molecule has 0 atom stereocenters. The first kappa shape index (κ1) is 29.5. The smallest absolute Gasteiger partial charge is 0.273 e. The number of nitrogens with one attached hydrogen (secondary N) is 1. The second kappa shape index (κ2) is 12.2. The molecule has 0 spiro atoms. The lowest BCUT2D eigenvalue weighted by molar-refractivity contribution is -0.385. The Morgan fingerprint density at radius 2 is 1.74 bits per heavy atom. The molecule has 0 bridgehead atoms. The molecule has 0 aliphatic rings. The van der Waals surface area contributed by atoms with E-state index in [4.69, 9.17) is 5.10 Å². The van der Waals surface area contributed by atoms with Crippen molar-refractivity contribution in [1.29, 1.82) is 0 Å².